The second-order valence-electron chi connectivity index (χ2n) is 3.11. The van der Waals surface area contributed by atoms with Crippen LogP contribution in [-0.4, -0.2) is 12.3 Å². The number of allylic oxidation sites excluding steroid dienone is 2. The zero-order valence-electron chi connectivity index (χ0n) is 6.19. The van der Waals surface area contributed by atoms with Crippen LogP contribution in [0.15, 0.2) is 12.2 Å². The van der Waals surface area contributed by atoms with Gasteiger partial charge in [-0.25, -0.2) is 8.78 Å². The van der Waals surface area contributed by atoms with Crippen molar-refractivity contribution in [2.75, 3.05) is 5.88 Å². The summed E-state index contributed by atoms with van der Waals surface area (Å²) in [5.41, 5.74) is -0.338. The smallest absolute Gasteiger partial charge is 0.211 e. The van der Waals surface area contributed by atoms with Gasteiger partial charge in [-0.05, 0) is 18.3 Å². The molecule has 0 saturated carbocycles. The molecule has 1 aliphatic carbocycles. The highest BCUT2D eigenvalue weighted by Gasteiger charge is 2.32. The third-order valence-corrected chi connectivity index (χ3v) is 2.71. The fourth-order valence-corrected chi connectivity index (χ4v) is 1.73. The summed E-state index contributed by atoms with van der Waals surface area (Å²) < 4.78 is 24.1. The van der Waals surface area contributed by atoms with E-state index in [4.69, 9.17) is 11.6 Å². The lowest BCUT2D eigenvalue weighted by molar-refractivity contribution is 0.0863. The third-order valence-electron chi connectivity index (χ3n) is 2.14. The van der Waals surface area contributed by atoms with Crippen LogP contribution in [-0.2, 0) is 0 Å². The normalized spacial score (nSPS) is 21.5. The Balaban J connectivity index is 2.48. The molecule has 0 amide bonds. The van der Waals surface area contributed by atoms with Crippen LogP contribution in [0.2, 0.25) is 0 Å². The highest BCUT2D eigenvalue weighted by Crippen LogP contribution is 2.39. The van der Waals surface area contributed by atoms with Crippen LogP contribution in [0.4, 0.5) is 8.78 Å². The number of alkyl halides is 3. The molecular formula is C8H11ClF2. The van der Waals surface area contributed by atoms with E-state index < -0.39 is 6.43 Å². The van der Waals surface area contributed by atoms with Crippen LogP contribution in [0.5, 0.6) is 0 Å². The lowest BCUT2D eigenvalue weighted by Gasteiger charge is -2.25. The third kappa shape index (κ3) is 2.16. The van der Waals surface area contributed by atoms with Crippen molar-refractivity contribution in [3.8, 4) is 0 Å². The Morgan fingerprint density at radius 2 is 1.91 bits per heavy atom. The average Bonchev–Trinajstić information content (AvgIpc) is 2.36. The van der Waals surface area contributed by atoms with Gasteiger partial charge in [-0.2, -0.15) is 0 Å². The Bertz CT molecular complexity index is 146. The molecule has 0 radical (unpaired) electrons. The van der Waals surface area contributed by atoms with Crippen LogP contribution in [0.25, 0.3) is 0 Å². The van der Waals surface area contributed by atoms with E-state index in [0.717, 1.165) is 0 Å². The van der Waals surface area contributed by atoms with E-state index in [0.29, 0.717) is 18.7 Å². The van der Waals surface area contributed by atoms with Crippen LogP contribution in [0, 0.1) is 5.41 Å². The molecule has 3 heteroatoms. The zero-order valence-corrected chi connectivity index (χ0v) is 6.95. The largest absolute Gasteiger partial charge is 0.239 e. The van der Waals surface area contributed by atoms with Gasteiger partial charge in [0.2, 0.25) is 6.43 Å². The fourth-order valence-electron chi connectivity index (χ4n) is 1.41. The summed E-state index contributed by atoms with van der Waals surface area (Å²) in [5.74, 6) is 0.338. The molecule has 0 atom stereocenters. The maximum atomic E-state index is 12.0. The van der Waals surface area contributed by atoms with E-state index in [1.54, 1.807) is 0 Å². The first-order valence-corrected chi connectivity index (χ1v) is 4.21. The minimum Gasteiger partial charge on any atom is -0.211 e. The SMILES string of the molecule is FC(F)CC1(CCl)CC=CC1. The van der Waals surface area contributed by atoms with Gasteiger partial charge in [0, 0.05) is 12.3 Å². The van der Waals surface area contributed by atoms with Crippen molar-refractivity contribution in [2.45, 2.75) is 25.7 Å². The molecule has 11 heavy (non-hydrogen) atoms. The summed E-state index contributed by atoms with van der Waals surface area (Å²) >= 11 is 5.64. The Morgan fingerprint density at radius 3 is 2.27 bits per heavy atom. The van der Waals surface area contributed by atoms with Gasteiger partial charge in [0.25, 0.3) is 0 Å². The predicted molar refractivity (Wildman–Crippen MR) is 42.1 cm³/mol. The second-order valence-corrected chi connectivity index (χ2v) is 3.38. The van der Waals surface area contributed by atoms with Gasteiger partial charge in [-0.1, -0.05) is 12.2 Å². The molecule has 0 bridgehead atoms. The van der Waals surface area contributed by atoms with Gasteiger partial charge in [-0.15, -0.1) is 11.6 Å². The first-order chi connectivity index (χ1) is 5.18. The summed E-state index contributed by atoms with van der Waals surface area (Å²) in [7, 11) is 0. The maximum Gasteiger partial charge on any atom is 0.239 e. The van der Waals surface area contributed by atoms with Crippen molar-refractivity contribution >= 4 is 11.6 Å². The average molecular weight is 181 g/mol. The maximum absolute atomic E-state index is 12.0. The van der Waals surface area contributed by atoms with Crippen LogP contribution < -0.4 is 0 Å². The molecule has 0 aromatic rings. The van der Waals surface area contributed by atoms with Crippen LogP contribution in [0.1, 0.15) is 19.3 Å². The summed E-state index contributed by atoms with van der Waals surface area (Å²) in [5, 5.41) is 0. The number of rotatable bonds is 3. The van der Waals surface area contributed by atoms with Gasteiger partial charge in [0.1, 0.15) is 0 Å². The van der Waals surface area contributed by atoms with Crippen molar-refractivity contribution < 1.29 is 8.78 Å². The topological polar surface area (TPSA) is 0 Å². The summed E-state index contributed by atoms with van der Waals surface area (Å²) in [6.45, 7) is 0. The molecule has 0 saturated heterocycles. The minimum absolute atomic E-state index is 0.0660. The molecule has 0 unspecified atom stereocenters. The van der Waals surface area contributed by atoms with E-state index in [9.17, 15) is 8.78 Å². The molecule has 64 valence electrons. The van der Waals surface area contributed by atoms with Crippen molar-refractivity contribution in [1.29, 1.82) is 0 Å². The minimum atomic E-state index is -2.23. The van der Waals surface area contributed by atoms with Crippen LogP contribution >= 0.6 is 11.6 Å². The molecular weight excluding hydrogens is 170 g/mol. The number of hydrogen-bond acceptors (Lipinski definition) is 0. The number of halogens is 3. The Kier molecular flexibility index (Phi) is 2.88. The van der Waals surface area contributed by atoms with Crippen molar-refractivity contribution in [3.63, 3.8) is 0 Å². The Morgan fingerprint density at radius 1 is 1.36 bits per heavy atom. The number of hydrogen-bond donors (Lipinski definition) is 0. The van der Waals surface area contributed by atoms with Gasteiger partial charge < -0.3 is 0 Å². The van der Waals surface area contributed by atoms with Gasteiger partial charge >= 0.3 is 0 Å². The summed E-state index contributed by atoms with van der Waals surface area (Å²) in [4.78, 5) is 0. The van der Waals surface area contributed by atoms with E-state index in [1.807, 2.05) is 12.2 Å². The molecule has 0 N–H and O–H groups in total. The highest BCUT2D eigenvalue weighted by molar-refractivity contribution is 6.18. The monoisotopic (exact) mass is 180 g/mol. The molecule has 0 spiro atoms. The van der Waals surface area contributed by atoms with Gasteiger partial charge in [0.05, 0.1) is 0 Å². The quantitative estimate of drug-likeness (QED) is 0.462. The van der Waals surface area contributed by atoms with Crippen molar-refractivity contribution in [3.05, 3.63) is 12.2 Å². The van der Waals surface area contributed by atoms with Gasteiger partial charge in [0.15, 0.2) is 0 Å². The molecule has 0 aromatic carbocycles. The second kappa shape index (κ2) is 3.53. The first kappa shape index (κ1) is 8.98. The molecule has 0 fully saturated rings. The molecule has 0 nitrogen and oxygen atoms in total. The van der Waals surface area contributed by atoms with Gasteiger partial charge in [-0.3, -0.25) is 0 Å². The standard InChI is InChI=1S/C8H11ClF2/c9-6-8(5-7(10)11)3-1-2-4-8/h1-2,7H,3-6H2. The zero-order chi connectivity index (χ0) is 8.32. The summed E-state index contributed by atoms with van der Waals surface area (Å²) in [6, 6.07) is 0. The fraction of sp³-hybridized carbons (Fsp3) is 0.750. The van der Waals surface area contributed by atoms with E-state index in [-0.39, 0.29) is 11.8 Å². The lowest BCUT2D eigenvalue weighted by Crippen LogP contribution is -2.22. The summed E-state index contributed by atoms with van der Waals surface area (Å²) in [6.07, 6.45) is 2.99. The van der Waals surface area contributed by atoms with E-state index >= 15 is 0 Å². The highest BCUT2D eigenvalue weighted by atomic mass is 35.5. The molecule has 0 aliphatic heterocycles. The van der Waals surface area contributed by atoms with E-state index in [1.165, 1.54) is 0 Å². The van der Waals surface area contributed by atoms with E-state index in [2.05, 4.69) is 0 Å². The predicted octanol–water partition coefficient (Wildman–Crippen LogP) is 3.22. The molecule has 1 aliphatic rings. The lowest BCUT2D eigenvalue weighted by atomic mass is 9.84. The molecule has 0 heterocycles. The van der Waals surface area contributed by atoms with Crippen molar-refractivity contribution in [1.82, 2.24) is 0 Å². The first-order valence-electron chi connectivity index (χ1n) is 3.68. The Labute approximate surface area is 70.2 Å². The molecule has 1 rings (SSSR count). The van der Waals surface area contributed by atoms with Crippen molar-refractivity contribution in [2.24, 2.45) is 5.41 Å². The Hall–Kier alpha value is -0.110. The van der Waals surface area contributed by atoms with Crippen LogP contribution in [0.3, 0.4) is 0 Å². The molecule has 0 aromatic heterocycles.